The molecule has 1 saturated heterocycles. The van der Waals surface area contributed by atoms with E-state index in [1.54, 1.807) is 10.9 Å². The molecule has 0 unspecified atom stereocenters. The molecule has 1 amide bonds. The lowest BCUT2D eigenvalue weighted by Crippen LogP contribution is -2.40. The van der Waals surface area contributed by atoms with Crippen LogP contribution in [0.15, 0.2) is 52.2 Å². The van der Waals surface area contributed by atoms with Gasteiger partial charge >= 0.3 is 0 Å². The Bertz CT molecular complexity index is 925. The fourth-order valence-electron chi connectivity index (χ4n) is 3.26. The molecule has 1 fully saturated rings. The number of piperidine rings is 1. The van der Waals surface area contributed by atoms with E-state index in [0.717, 1.165) is 23.9 Å². The normalized spacial score (nSPS) is 15.8. The zero-order chi connectivity index (χ0) is 16.5. The lowest BCUT2D eigenvalue weighted by molar-refractivity contribution is 0.0694. The first-order chi connectivity index (χ1) is 11.7. The molecule has 3 heterocycles. The van der Waals surface area contributed by atoms with Crippen molar-refractivity contribution >= 4 is 28.1 Å². The van der Waals surface area contributed by atoms with Crippen LogP contribution in [0.1, 0.15) is 29.2 Å². The third-order valence-electron chi connectivity index (χ3n) is 4.60. The number of aromatic nitrogens is 2. The summed E-state index contributed by atoms with van der Waals surface area (Å²) in [4.78, 5) is 31.3. The van der Waals surface area contributed by atoms with Gasteiger partial charge in [0.05, 0.1) is 22.8 Å². The van der Waals surface area contributed by atoms with Gasteiger partial charge in [0.25, 0.3) is 11.5 Å². The standard InChI is InChI=1S/C18H17N3O2S/c22-17(13-7-10-24-11-13)20-8-5-14(6-9-20)21-12-19-16-4-2-1-3-15(16)18(21)23/h1-4,7,10-12,14H,5-6,8-9H2. The predicted octanol–water partition coefficient (Wildman–Crippen LogP) is 2.94. The van der Waals surface area contributed by atoms with Crippen LogP contribution in [0.3, 0.4) is 0 Å². The van der Waals surface area contributed by atoms with Gasteiger partial charge in [0.1, 0.15) is 0 Å². The highest BCUT2D eigenvalue weighted by Gasteiger charge is 2.25. The van der Waals surface area contributed by atoms with Crippen molar-refractivity contribution in [1.29, 1.82) is 0 Å². The monoisotopic (exact) mass is 339 g/mol. The number of nitrogens with zero attached hydrogens (tertiary/aromatic N) is 3. The van der Waals surface area contributed by atoms with Crippen molar-refractivity contribution in [3.05, 3.63) is 63.3 Å². The zero-order valence-electron chi connectivity index (χ0n) is 13.1. The molecule has 24 heavy (non-hydrogen) atoms. The van der Waals surface area contributed by atoms with Crippen LogP contribution in [0.2, 0.25) is 0 Å². The highest BCUT2D eigenvalue weighted by atomic mass is 32.1. The summed E-state index contributed by atoms with van der Waals surface area (Å²) >= 11 is 1.53. The predicted molar refractivity (Wildman–Crippen MR) is 94.5 cm³/mol. The Balaban J connectivity index is 1.53. The maximum atomic E-state index is 12.7. The topological polar surface area (TPSA) is 55.2 Å². The number of hydrogen-bond donors (Lipinski definition) is 0. The summed E-state index contributed by atoms with van der Waals surface area (Å²) in [5, 5.41) is 4.45. The van der Waals surface area contributed by atoms with Crippen LogP contribution in [0.4, 0.5) is 0 Å². The first-order valence-electron chi connectivity index (χ1n) is 8.01. The molecule has 6 heteroatoms. The van der Waals surface area contributed by atoms with Gasteiger partial charge in [-0.05, 0) is 36.4 Å². The lowest BCUT2D eigenvalue weighted by Gasteiger charge is -2.32. The maximum Gasteiger partial charge on any atom is 0.261 e. The number of thiophene rings is 1. The van der Waals surface area contributed by atoms with E-state index < -0.39 is 0 Å². The molecule has 0 atom stereocenters. The van der Waals surface area contributed by atoms with E-state index in [2.05, 4.69) is 4.98 Å². The molecular weight excluding hydrogens is 322 g/mol. The largest absolute Gasteiger partial charge is 0.338 e. The first kappa shape index (κ1) is 15.1. The van der Waals surface area contributed by atoms with Gasteiger partial charge in [-0.3, -0.25) is 14.2 Å². The number of amides is 1. The smallest absolute Gasteiger partial charge is 0.261 e. The molecule has 4 rings (SSSR count). The summed E-state index contributed by atoms with van der Waals surface area (Å²) in [6.45, 7) is 1.33. The van der Waals surface area contributed by atoms with Crippen LogP contribution in [-0.2, 0) is 0 Å². The van der Waals surface area contributed by atoms with Gasteiger partial charge in [-0.25, -0.2) is 4.98 Å². The number of carbonyl (C=O) groups is 1. The van der Waals surface area contributed by atoms with Crippen molar-refractivity contribution in [2.24, 2.45) is 0 Å². The molecule has 0 saturated carbocycles. The van der Waals surface area contributed by atoms with Gasteiger partial charge in [-0.2, -0.15) is 11.3 Å². The third kappa shape index (κ3) is 2.63. The second kappa shape index (κ2) is 6.20. The summed E-state index contributed by atoms with van der Waals surface area (Å²) in [5.74, 6) is 0.0821. The fraction of sp³-hybridized carbons (Fsp3) is 0.278. The van der Waals surface area contributed by atoms with E-state index in [1.807, 2.05) is 46.0 Å². The Morgan fingerprint density at radius 1 is 1.17 bits per heavy atom. The molecule has 1 aliphatic heterocycles. The van der Waals surface area contributed by atoms with Gasteiger partial charge in [-0.1, -0.05) is 12.1 Å². The first-order valence-corrected chi connectivity index (χ1v) is 8.95. The summed E-state index contributed by atoms with van der Waals surface area (Å²) in [5.41, 5.74) is 1.48. The van der Waals surface area contributed by atoms with Crippen molar-refractivity contribution in [2.75, 3.05) is 13.1 Å². The molecule has 3 aromatic rings. The van der Waals surface area contributed by atoms with Crippen molar-refractivity contribution in [3.8, 4) is 0 Å². The Labute approximate surface area is 143 Å². The minimum Gasteiger partial charge on any atom is -0.338 e. The average molecular weight is 339 g/mol. The zero-order valence-corrected chi connectivity index (χ0v) is 13.9. The van der Waals surface area contributed by atoms with E-state index in [4.69, 9.17) is 0 Å². The quantitative estimate of drug-likeness (QED) is 0.721. The number of rotatable bonds is 2. The van der Waals surface area contributed by atoms with Gasteiger partial charge < -0.3 is 4.90 Å². The second-order valence-corrected chi connectivity index (χ2v) is 6.79. The Kier molecular flexibility index (Phi) is 3.90. The number of fused-ring (bicyclic) bond motifs is 1. The molecule has 1 aliphatic rings. The molecule has 5 nitrogen and oxygen atoms in total. The van der Waals surface area contributed by atoms with Crippen molar-refractivity contribution in [3.63, 3.8) is 0 Å². The van der Waals surface area contributed by atoms with Crippen LogP contribution >= 0.6 is 11.3 Å². The van der Waals surface area contributed by atoms with E-state index >= 15 is 0 Å². The fourth-order valence-corrected chi connectivity index (χ4v) is 3.89. The van der Waals surface area contributed by atoms with E-state index in [9.17, 15) is 9.59 Å². The maximum absolute atomic E-state index is 12.7. The van der Waals surface area contributed by atoms with Gasteiger partial charge in [0.15, 0.2) is 0 Å². The van der Waals surface area contributed by atoms with Gasteiger partial charge in [0, 0.05) is 24.5 Å². The molecule has 0 bridgehead atoms. The van der Waals surface area contributed by atoms with Crippen LogP contribution in [0, 0.1) is 0 Å². The number of para-hydroxylation sites is 1. The van der Waals surface area contributed by atoms with Crippen LogP contribution in [-0.4, -0.2) is 33.4 Å². The molecule has 0 radical (unpaired) electrons. The van der Waals surface area contributed by atoms with E-state index in [0.29, 0.717) is 18.5 Å². The van der Waals surface area contributed by atoms with Crippen LogP contribution in [0.5, 0.6) is 0 Å². The number of benzene rings is 1. The van der Waals surface area contributed by atoms with Crippen LogP contribution in [0.25, 0.3) is 10.9 Å². The summed E-state index contributed by atoms with van der Waals surface area (Å²) in [7, 11) is 0. The van der Waals surface area contributed by atoms with Crippen LogP contribution < -0.4 is 5.56 Å². The van der Waals surface area contributed by atoms with Gasteiger partial charge in [-0.15, -0.1) is 0 Å². The van der Waals surface area contributed by atoms with Crippen molar-refractivity contribution < 1.29 is 4.79 Å². The Hall–Kier alpha value is -2.47. The van der Waals surface area contributed by atoms with Crippen molar-refractivity contribution in [2.45, 2.75) is 18.9 Å². The number of hydrogen-bond acceptors (Lipinski definition) is 4. The third-order valence-corrected chi connectivity index (χ3v) is 5.29. The highest BCUT2D eigenvalue weighted by Crippen LogP contribution is 2.23. The number of likely N-dealkylation sites (tertiary alicyclic amines) is 1. The van der Waals surface area contributed by atoms with E-state index in [-0.39, 0.29) is 17.5 Å². The van der Waals surface area contributed by atoms with Gasteiger partial charge in [0.2, 0.25) is 0 Å². The molecule has 0 aliphatic carbocycles. The molecular formula is C18H17N3O2S. The van der Waals surface area contributed by atoms with E-state index in [1.165, 1.54) is 11.3 Å². The highest BCUT2D eigenvalue weighted by molar-refractivity contribution is 7.08. The Morgan fingerprint density at radius 2 is 1.96 bits per heavy atom. The average Bonchev–Trinajstić information content (AvgIpc) is 3.17. The molecule has 122 valence electrons. The summed E-state index contributed by atoms with van der Waals surface area (Å²) in [6.07, 6.45) is 3.19. The minimum absolute atomic E-state index is 0.00297. The Morgan fingerprint density at radius 3 is 2.71 bits per heavy atom. The molecule has 0 N–H and O–H groups in total. The SMILES string of the molecule is O=C(c1ccsc1)N1CCC(n2cnc3ccccc3c2=O)CC1. The van der Waals surface area contributed by atoms with Crippen molar-refractivity contribution in [1.82, 2.24) is 14.5 Å². The number of carbonyl (C=O) groups excluding carboxylic acids is 1. The molecule has 1 aromatic carbocycles. The molecule has 2 aromatic heterocycles. The minimum atomic E-state index is 0.00297. The molecule has 0 spiro atoms. The summed E-state index contributed by atoms with van der Waals surface area (Å²) in [6, 6.07) is 9.36. The second-order valence-electron chi connectivity index (χ2n) is 6.01. The lowest BCUT2D eigenvalue weighted by atomic mass is 10.0. The summed E-state index contributed by atoms with van der Waals surface area (Å²) < 4.78 is 1.73.